The van der Waals surface area contributed by atoms with Gasteiger partial charge in [-0.3, -0.25) is 4.72 Å². The molecular formula is C10H14ClNO3S. The molecule has 0 heterocycles. The molecule has 0 aliphatic heterocycles. The molecule has 0 atom stereocenters. The van der Waals surface area contributed by atoms with Crippen LogP contribution in [0.5, 0.6) is 5.75 Å². The van der Waals surface area contributed by atoms with Crippen molar-refractivity contribution in [1.29, 1.82) is 0 Å². The van der Waals surface area contributed by atoms with Gasteiger partial charge < -0.3 is 4.74 Å². The smallest absolute Gasteiger partial charge is 0.233 e. The summed E-state index contributed by atoms with van der Waals surface area (Å²) in [6.45, 7) is 1.81. The summed E-state index contributed by atoms with van der Waals surface area (Å²) in [4.78, 5) is 0. The van der Waals surface area contributed by atoms with Crippen LogP contribution in [0.2, 0.25) is 0 Å². The van der Waals surface area contributed by atoms with Crippen LogP contribution in [0.15, 0.2) is 18.2 Å². The number of halogens is 1. The van der Waals surface area contributed by atoms with Gasteiger partial charge in [-0.15, -0.1) is 11.6 Å². The van der Waals surface area contributed by atoms with Crippen LogP contribution in [0.25, 0.3) is 0 Å². The zero-order chi connectivity index (χ0) is 12.2. The minimum absolute atomic E-state index is 0.0739. The van der Waals surface area contributed by atoms with Gasteiger partial charge in [0.2, 0.25) is 10.0 Å². The Labute approximate surface area is 101 Å². The number of benzene rings is 1. The predicted molar refractivity (Wildman–Crippen MR) is 65.9 cm³/mol. The average Bonchev–Trinajstić information content (AvgIpc) is 2.20. The number of anilines is 1. The van der Waals surface area contributed by atoms with E-state index in [-0.39, 0.29) is 11.6 Å². The van der Waals surface area contributed by atoms with Crippen LogP contribution in [-0.4, -0.2) is 27.2 Å². The zero-order valence-corrected chi connectivity index (χ0v) is 10.7. The van der Waals surface area contributed by atoms with Gasteiger partial charge in [-0.2, -0.15) is 0 Å². The standard InChI is InChI=1S/C10H14ClNO3S/c1-8-7-9(15-2)3-4-10(8)12-16(13,14)6-5-11/h3-4,7,12H,5-6H2,1-2H3. The predicted octanol–water partition coefficient (Wildman–Crippen LogP) is 1.98. The molecule has 0 saturated carbocycles. The van der Waals surface area contributed by atoms with Gasteiger partial charge in [-0.1, -0.05) is 0 Å². The van der Waals surface area contributed by atoms with E-state index in [1.165, 1.54) is 0 Å². The fourth-order valence-corrected chi connectivity index (χ4v) is 2.68. The summed E-state index contributed by atoms with van der Waals surface area (Å²) in [5.41, 5.74) is 1.35. The lowest BCUT2D eigenvalue weighted by atomic mass is 10.2. The van der Waals surface area contributed by atoms with E-state index >= 15 is 0 Å². The molecule has 16 heavy (non-hydrogen) atoms. The summed E-state index contributed by atoms with van der Waals surface area (Å²) in [7, 11) is -1.79. The van der Waals surface area contributed by atoms with Gasteiger partial charge in [0.05, 0.1) is 18.6 Å². The second-order valence-corrected chi connectivity index (χ2v) is 5.51. The highest BCUT2D eigenvalue weighted by Crippen LogP contribution is 2.21. The van der Waals surface area contributed by atoms with Crippen LogP contribution in [0.4, 0.5) is 5.69 Å². The average molecular weight is 264 g/mol. The van der Waals surface area contributed by atoms with Crippen molar-refractivity contribution in [3.8, 4) is 5.75 Å². The molecule has 90 valence electrons. The van der Waals surface area contributed by atoms with E-state index in [1.54, 1.807) is 32.2 Å². The summed E-state index contributed by atoms with van der Waals surface area (Å²) in [6.07, 6.45) is 0. The first-order valence-electron chi connectivity index (χ1n) is 4.69. The van der Waals surface area contributed by atoms with Gasteiger partial charge in [0.25, 0.3) is 0 Å². The molecule has 1 N–H and O–H groups in total. The summed E-state index contributed by atoms with van der Waals surface area (Å²) in [5.74, 6) is 0.669. The van der Waals surface area contributed by atoms with Crippen LogP contribution in [0, 0.1) is 6.92 Å². The molecule has 0 unspecified atom stereocenters. The van der Waals surface area contributed by atoms with Crippen LogP contribution in [0.1, 0.15) is 5.56 Å². The van der Waals surface area contributed by atoms with E-state index in [4.69, 9.17) is 16.3 Å². The summed E-state index contributed by atoms with van der Waals surface area (Å²) < 4.78 is 30.5. The van der Waals surface area contributed by atoms with E-state index in [0.29, 0.717) is 11.4 Å². The zero-order valence-electron chi connectivity index (χ0n) is 9.16. The summed E-state index contributed by atoms with van der Waals surface area (Å²) in [5, 5.41) is 0. The van der Waals surface area contributed by atoms with E-state index in [0.717, 1.165) is 5.56 Å². The van der Waals surface area contributed by atoms with Crippen molar-refractivity contribution in [2.24, 2.45) is 0 Å². The normalized spacial score (nSPS) is 11.2. The maximum Gasteiger partial charge on any atom is 0.233 e. The van der Waals surface area contributed by atoms with Gasteiger partial charge in [0.15, 0.2) is 0 Å². The Morgan fingerprint density at radius 2 is 2.12 bits per heavy atom. The van der Waals surface area contributed by atoms with E-state index < -0.39 is 10.0 Å². The molecular weight excluding hydrogens is 250 g/mol. The molecule has 0 aliphatic rings. The van der Waals surface area contributed by atoms with E-state index in [9.17, 15) is 8.42 Å². The number of methoxy groups -OCH3 is 1. The van der Waals surface area contributed by atoms with Crippen LogP contribution in [-0.2, 0) is 10.0 Å². The monoisotopic (exact) mass is 263 g/mol. The SMILES string of the molecule is COc1ccc(NS(=O)(=O)CCCl)c(C)c1. The number of hydrogen-bond acceptors (Lipinski definition) is 3. The maximum atomic E-state index is 11.5. The second kappa shape index (κ2) is 5.41. The Morgan fingerprint density at radius 1 is 1.44 bits per heavy atom. The molecule has 1 aromatic rings. The number of nitrogens with one attached hydrogen (secondary N) is 1. The molecule has 6 heteroatoms. The van der Waals surface area contributed by atoms with Gasteiger partial charge in [0, 0.05) is 5.88 Å². The molecule has 4 nitrogen and oxygen atoms in total. The maximum absolute atomic E-state index is 11.5. The highest BCUT2D eigenvalue weighted by molar-refractivity contribution is 7.92. The van der Waals surface area contributed by atoms with Crippen molar-refractivity contribution in [2.75, 3.05) is 23.5 Å². The van der Waals surface area contributed by atoms with Gasteiger partial charge >= 0.3 is 0 Å². The Kier molecular flexibility index (Phi) is 4.44. The van der Waals surface area contributed by atoms with Crippen molar-refractivity contribution in [3.05, 3.63) is 23.8 Å². The number of sulfonamides is 1. The molecule has 0 fully saturated rings. The molecule has 0 radical (unpaired) electrons. The third kappa shape index (κ3) is 3.57. The number of rotatable bonds is 5. The van der Waals surface area contributed by atoms with Crippen molar-refractivity contribution >= 4 is 27.3 Å². The fraction of sp³-hybridized carbons (Fsp3) is 0.400. The lowest BCUT2D eigenvalue weighted by Gasteiger charge is -2.10. The van der Waals surface area contributed by atoms with Gasteiger partial charge in [-0.25, -0.2) is 8.42 Å². The lowest BCUT2D eigenvalue weighted by Crippen LogP contribution is -2.18. The van der Waals surface area contributed by atoms with Crippen LogP contribution >= 0.6 is 11.6 Å². The topological polar surface area (TPSA) is 55.4 Å². The minimum atomic E-state index is -3.35. The van der Waals surface area contributed by atoms with Gasteiger partial charge in [0.1, 0.15) is 5.75 Å². The van der Waals surface area contributed by atoms with Gasteiger partial charge in [-0.05, 0) is 30.7 Å². The van der Waals surface area contributed by atoms with Crippen molar-refractivity contribution in [3.63, 3.8) is 0 Å². The van der Waals surface area contributed by atoms with E-state index in [2.05, 4.69) is 4.72 Å². The number of alkyl halides is 1. The Hall–Kier alpha value is -0.940. The number of ether oxygens (including phenoxy) is 1. The van der Waals surface area contributed by atoms with Crippen molar-refractivity contribution < 1.29 is 13.2 Å². The second-order valence-electron chi connectivity index (χ2n) is 3.29. The van der Waals surface area contributed by atoms with Crippen molar-refractivity contribution in [1.82, 2.24) is 0 Å². The third-order valence-corrected chi connectivity index (χ3v) is 3.73. The Bertz CT molecular complexity index is 459. The van der Waals surface area contributed by atoms with Crippen LogP contribution < -0.4 is 9.46 Å². The van der Waals surface area contributed by atoms with Crippen molar-refractivity contribution in [2.45, 2.75) is 6.92 Å². The molecule has 0 aromatic heterocycles. The minimum Gasteiger partial charge on any atom is -0.497 e. The highest BCUT2D eigenvalue weighted by Gasteiger charge is 2.11. The molecule has 0 aliphatic carbocycles. The van der Waals surface area contributed by atoms with Crippen LogP contribution in [0.3, 0.4) is 0 Å². The Morgan fingerprint density at radius 3 is 2.62 bits per heavy atom. The molecule has 0 amide bonds. The van der Waals surface area contributed by atoms with E-state index in [1.807, 2.05) is 0 Å². The fourth-order valence-electron chi connectivity index (χ4n) is 1.20. The lowest BCUT2D eigenvalue weighted by molar-refractivity contribution is 0.414. The molecule has 0 bridgehead atoms. The Balaban J connectivity index is 2.90. The largest absolute Gasteiger partial charge is 0.497 e. The number of aryl methyl sites for hydroxylation is 1. The molecule has 0 saturated heterocycles. The summed E-state index contributed by atoms with van der Waals surface area (Å²) >= 11 is 5.40. The highest BCUT2D eigenvalue weighted by atomic mass is 35.5. The summed E-state index contributed by atoms with van der Waals surface area (Å²) in [6, 6.07) is 5.13. The first-order chi connectivity index (χ1) is 7.48. The molecule has 1 rings (SSSR count). The third-order valence-electron chi connectivity index (χ3n) is 2.04. The molecule has 0 spiro atoms. The first kappa shape index (κ1) is 13.1. The molecule has 1 aromatic carbocycles. The quantitative estimate of drug-likeness (QED) is 0.827. The number of hydrogen-bond donors (Lipinski definition) is 1. The first-order valence-corrected chi connectivity index (χ1v) is 6.88.